The molecular weight excluding hydrogens is 248 g/mol. The summed E-state index contributed by atoms with van der Waals surface area (Å²) in [6.07, 6.45) is -1.28. The summed E-state index contributed by atoms with van der Waals surface area (Å²) >= 11 is 0. The van der Waals surface area contributed by atoms with Crippen LogP contribution in [-0.4, -0.2) is 37.1 Å². The van der Waals surface area contributed by atoms with Gasteiger partial charge < -0.3 is 10.2 Å². The Balaban J connectivity index is 2.89. The summed E-state index contributed by atoms with van der Waals surface area (Å²) in [5.41, 5.74) is 4.51. The van der Waals surface area contributed by atoms with Crippen molar-refractivity contribution < 1.29 is 23.4 Å². The van der Waals surface area contributed by atoms with Gasteiger partial charge in [0.15, 0.2) is 9.84 Å². The lowest BCUT2D eigenvalue weighted by Gasteiger charge is -2.07. The van der Waals surface area contributed by atoms with E-state index in [1.165, 1.54) is 24.3 Å². The molecule has 94 valence electrons. The highest BCUT2D eigenvalue weighted by Crippen LogP contribution is 2.15. The summed E-state index contributed by atoms with van der Waals surface area (Å²) in [5.74, 6) is -0.372. The third kappa shape index (κ3) is 3.93. The normalized spacial score (nSPS) is 10.9. The molecule has 0 aliphatic carbocycles. The molecule has 0 spiro atoms. The van der Waals surface area contributed by atoms with Crippen molar-refractivity contribution in [3.63, 3.8) is 0 Å². The standard InChI is InChI=1S/C9H12N2O5S/c12-4-5-17(15,16)8-3-1-2-7(6-8)10-11-9(13)14/h1-3,6,10-12H,4-5H2,(H,13,14). The van der Waals surface area contributed by atoms with Crippen molar-refractivity contribution in [1.82, 2.24) is 5.43 Å². The van der Waals surface area contributed by atoms with Crippen LogP contribution in [0.15, 0.2) is 29.2 Å². The second-order valence-corrected chi connectivity index (χ2v) is 5.23. The molecule has 0 fully saturated rings. The van der Waals surface area contributed by atoms with Crippen molar-refractivity contribution in [2.75, 3.05) is 17.8 Å². The first kappa shape index (κ1) is 13.3. The monoisotopic (exact) mass is 260 g/mol. The Kier molecular flexibility index (Phi) is 4.30. The van der Waals surface area contributed by atoms with Gasteiger partial charge in [-0.3, -0.25) is 5.43 Å². The van der Waals surface area contributed by atoms with E-state index in [4.69, 9.17) is 10.2 Å². The number of carboxylic acid groups (broad SMARTS) is 1. The number of aliphatic hydroxyl groups is 1. The number of aliphatic hydroxyl groups excluding tert-OH is 1. The Labute approximate surface area is 98.0 Å². The molecule has 1 rings (SSSR count). The topological polar surface area (TPSA) is 116 Å². The van der Waals surface area contributed by atoms with Crippen LogP contribution < -0.4 is 10.9 Å². The van der Waals surface area contributed by atoms with Crippen molar-refractivity contribution in [1.29, 1.82) is 0 Å². The SMILES string of the molecule is O=C(O)NNc1cccc(S(=O)(=O)CCO)c1. The van der Waals surface area contributed by atoms with E-state index in [1.807, 2.05) is 5.43 Å². The summed E-state index contributed by atoms with van der Waals surface area (Å²) in [5, 5.41) is 17.0. The summed E-state index contributed by atoms with van der Waals surface area (Å²) in [6, 6.07) is 5.63. The van der Waals surface area contributed by atoms with Crippen LogP contribution in [0.5, 0.6) is 0 Å². The van der Waals surface area contributed by atoms with Crippen molar-refractivity contribution in [3.05, 3.63) is 24.3 Å². The van der Waals surface area contributed by atoms with Crippen LogP contribution in [-0.2, 0) is 9.84 Å². The van der Waals surface area contributed by atoms with Gasteiger partial charge in [-0.25, -0.2) is 18.6 Å². The predicted octanol–water partition coefficient (Wildman–Crippen LogP) is 0.0471. The molecule has 0 bridgehead atoms. The van der Waals surface area contributed by atoms with Crippen molar-refractivity contribution in [3.8, 4) is 0 Å². The molecule has 0 saturated heterocycles. The van der Waals surface area contributed by atoms with E-state index in [-0.39, 0.29) is 10.6 Å². The Morgan fingerprint density at radius 3 is 2.65 bits per heavy atom. The summed E-state index contributed by atoms with van der Waals surface area (Å²) in [7, 11) is -3.54. The van der Waals surface area contributed by atoms with Gasteiger partial charge in [0.25, 0.3) is 0 Å². The lowest BCUT2D eigenvalue weighted by Crippen LogP contribution is -2.27. The smallest absolute Gasteiger partial charge is 0.423 e. The molecule has 4 N–H and O–H groups in total. The van der Waals surface area contributed by atoms with Gasteiger partial charge in [-0.2, -0.15) is 0 Å². The van der Waals surface area contributed by atoms with E-state index in [1.54, 1.807) is 0 Å². The van der Waals surface area contributed by atoms with Crippen molar-refractivity contribution >= 4 is 21.6 Å². The van der Waals surface area contributed by atoms with Gasteiger partial charge in [-0.15, -0.1) is 0 Å². The van der Waals surface area contributed by atoms with Gasteiger partial charge in [-0.1, -0.05) is 6.07 Å². The number of hydrogen-bond donors (Lipinski definition) is 4. The first-order valence-electron chi connectivity index (χ1n) is 4.64. The van der Waals surface area contributed by atoms with Crippen LogP contribution in [0.4, 0.5) is 10.5 Å². The average Bonchev–Trinajstić information content (AvgIpc) is 2.27. The van der Waals surface area contributed by atoms with E-state index >= 15 is 0 Å². The molecule has 0 radical (unpaired) electrons. The molecule has 17 heavy (non-hydrogen) atoms. The Bertz CT molecular complexity index is 500. The van der Waals surface area contributed by atoms with Gasteiger partial charge >= 0.3 is 6.09 Å². The molecule has 0 atom stereocenters. The van der Waals surface area contributed by atoms with E-state index in [9.17, 15) is 13.2 Å². The third-order valence-electron chi connectivity index (χ3n) is 1.87. The number of amides is 1. The molecule has 0 unspecified atom stereocenters. The molecule has 7 nitrogen and oxygen atoms in total. The van der Waals surface area contributed by atoms with Crippen molar-refractivity contribution in [2.24, 2.45) is 0 Å². The van der Waals surface area contributed by atoms with Crippen LogP contribution in [0.2, 0.25) is 0 Å². The molecule has 1 aromatic rings. The minimum absolute atomic E-state index is 0.0174. The molecule has 0 heterocycles. The van der Waals surface area contributed by atoms with E-state index in [0.717, 1.165) is 0 Å². The molecule has 0 aliphatic rings. The van der Waals surface area contributed by atoms with Crippen LogP contribution in [0.25, 0.3) is 0 Å². The van der Waals surface area contributed by atoms with Gasteiger partial charge in [0, 0.05) is 0 Å². The molecule has 0 aliphatic heterocycles. The minimum Gasteiger partial charge on any atom is -0.464 e. The maximum atomic E-state index is 11.6. The zero-order valence-corrected chi connectivity index (χ0v) is 9.57. The summed E-state index contributed by atoms with van der Waals surface area (Å²) < 4.78 is 23.2. The molecule has 0 aromatic heterocycles. The zero-order valence-electron chi connectivity index (χ0n) is 8.75. The fraction of sp³-hybridized carbons (Fsp3) is 0.222. The molecule has 0 saturated carbocycles. The van der Waals surface area contributed by atoms with E-state index in [2.05, 4.69) is 5.43 Å². The van der Waals surface area contributed by atoms with E-state index in [0.29, 0.717) is 5.69 Å². The van der Waals surface area contributed by atoms with Gasteiger partial charge in [-0.05, 0) is 18.2 Å². The molecule has 1 aromatic carbocycles. The molecule has 1 amide bonds. The quantitative estimate of drug-likeness (QED) is 0.556. The number of rotatable bonds is 5. The predicted molar refractivity (Wildman–Crippen MR) is 60.4 cm³/mol. The number of nitrogens with one attached hydrogen (secondary N) is 2. The fourth-order valence-electron chi connectivity index (χ4n) is 1.13. The summed E-state index contributed by atoms with van der Waals surface area (Å²) in [4.78, 5) is 10.2. The van der Waals surface area contributed by atoms with Crippen LogP contribution in [0.3, 0.4) is 0 Å². The third-order valence-corrected chi connectivity index (χ3v) is 3.56. The highest BCUT2D eigenvalue weighted by Gasteiger charge is 2.13. The fourth-order valence-corrected chi connectivity index (χ4v) is 2.20. The number of benzene rings is 1. The average molecular weight is 260 g/mol. The lowest BCUT2D eigenvalue weighted by atomic mass is 10.3. The maximum Gasteiger partial charge on any atom is 0.423 e. The number of hydrazine groups is 1. The second kappa shape index (κ2) is 5.51. The number of sulfone groups is 1. The minimum atomic E-state index is -3.54. The Hall–Kier alpha value is -1.80. The number of anilines is 1. The number of carbonyl (C=O) groups is 1. The maximum absolute atomic E-state index is 11.6. The highest BCUT2D eigenvalue weighted by molar-refractivity contribution is 7.91. The Morgan fingerprint density at radius 2 is 2.06 bits per heavy atom. The second-order valence-electron chi connectivity index (χ2n) is 3.13. The first-order chi connectivity index (χ1) is 7.95. The van der Waals surface area contributed by atoms with Crippen LogP contribution in [0, 0.1) is 0 Å². The largest absolute Gasteiger partial charge is 0.464 e. The van der Waals surface area contributed by atoms with Gasteiger partial charge in [0.2, 0.25) is 0 Å². The van der Waals surface area contributed by atoms with Gasteiger partial charge in [0.1, 0.15) is 0 Å². The number of hydrogen-bond acceptors (Lipinski definition) is 5. The Morgan fingerprint density at radius 1 is 1.35 bits per heavy atom. The lowest BCUT2D eigenvalue weighted by molar-refractivity contribution is 0.197. The summed E-state index contributed by atoms with van der Waals surface area (Å²) in [6.45, 7) is -0.465. The first-order valence-corrected chi connectivity index (χ1v) is 6.29. The van der Waals surface area contributed by atoms with E-state index < -0.39 is 22.5 Å². The van der Waals surface area contributed by atoms with Crippen LogP contribution in [0.1, 0.15) is 0 Å². The van der Waals surface area contributed by atoms with Crippen molar-refractivity contribution in [2.45, 2.75) is 4.90 Å². The van der Waals surface area contributed by atoms with Gasteiger partial charge in [0.05, 0.1) is 22.9 Å². The van der Waals surface area contributed by atoms with Crippen LogP contribution >= 0.6 is 0 Å². The molecule has 8 heteroatoms. The zero-order chi connectivity index (χ0) is 12.9. The highest BCUT2D eigenvalue weighted by atomic mass is 32.2. The molecular formula is C9H12N2O5S.